The molecule has 0 N–H and O–H groups in total. The molecule has 3 aromatic carbocycles. The van der Waals surface area contributed by atoms with Crippen molar-refractivity contribution in [3.8, 4) is 17.2 Å². The van der Waals surface area contributed by atoms with Gasteiger partial charge in [0.25, 0.3) is 0 Å². The number of rotatable bonds is 6. The van der Waals surface area contributed by atoms with Crippen LogP contribution < -0.4 is 9.47 Å². The lowest BCUT2D eigenvalue weighted by molar-refractivity contribution is 0.242. The van der Waals surface area contributed by atoms with Crippen LogP contribution in [0.1, 0.15) is 5.56 Å². The van der Waals surface area contributed by atoms with Crippen LogP contribution in [0.4, 0.5) is 8.78 Å². The number of hydrogen-bond acceptors (Lipinski definition) is 4. The zero-order chi connectivity index (χ0) is 19.3. The van der Waals surface area contributed by atoms with Gasteiger partial charge in [0.15, 0.2) is 0 Å². The van der Waals surface area contributed by atoms with Crippen molar-refractivity contribution in [3.63, 3.8) is 0 Å². The summed E-state index contributed by atoms with van der Waals surface area (Å²) in [7, 11) is 0. The highest BCUT2D eigenvalue weighted by atomic mass is 19.1. The number of halogens is 2. The molecule has 0 aromatic heterocycles. The normalized spacial score (nSPS) is 15.6. The Balaban J connectivity index is 1.35. The van der Waals surface area contributed by atoms with Crippen molar-refractivity contribution in [2.24, 2.45) is 4.99 Å². The van der Waals surface area contributed by atoms with Gasteiger partial charge in [-0.1, -0.05) is 24.3 Å². The lowest BCUT2D eigenvalue weighted by Gasteiger charge is -2.10. The summed E-state index contributed by atoms with van der Waals surface area (Å²) in [5.41, 5.74) is -0.243. The van der Waals surface area contributed by atoms with Crippen LogP contribution in [0.25, 0.3) is 0 Å². The number of ether oxygens (including phenoxy) is 3. The van der Waals surface area contributed by atoms with E-state index >= 15 is 0 Å². The number of para-hydroxylation sites is 1. The Morgan fingerprint density at radius 3 is 2.18 bits per heavy atom. The molecule has 28 heavy (non-hydrogen) atoms. The fraction of sp³-hybridized carbons (Fsp3) is 0.136. The van der Waals surface area contributed by atoms with E-state index < -0.39 is 11.6 Å². The largest absolute Gasteiger partial charge is 0.491 e. The van der Waals surface area contributed by atoms with Gasteiger partial charge >= 0.3 is 0 Å². The van der Waals surface area contributed by atoms with Gasteiger partial charge in [0.05, 0.1) is 0 Å². The third kappa shape index (κ3) is 4.11. The van der Waals surface area contributed by atoms with E-state index in [9.17, 15) is 8.78 Å². The molecule has 4 rings (SSSR count). The average Bonchev–Trinajstić information content (AvgIpc) is 3.17. The van der Waals surface area contributed by atoms with Crippen molar-refractivity contribution >= 4 is 5.90 Å². The van der Waals surface area contributed by atoms with E-state index in [4.69, 9.17) is 14.2 Å². The second kappa shape index (κ2) is 8.08. The van der Waals surface area contributed by atoms with Crippen LogP contribution in [0.5, 0.6) is 17.2 Å². The maximum atomic E-state index is 13.8. The fourth-order valence-electron chi connectivity index (χ4n) is 2.76. The van der Waals surface area contributed by atoms with Gasteiger partial charge < -0.3 is 14.2 Å². The molecule has 0 spiro atoms. The van der Waals surface area contributed by atoms with Gasteiger partial charge in [-0.2, -0.15) is 0 Å². The molecule has 0 radical (unpaired) electrons. The van der Waals surface area contributed by atoms with Crippen molar-refractivity contribution in [1.29, 1.82) is 0 Å². The second-order valence-electron chi connectivity index (χ2n) is 6.19. The third-order valence-electron chi connectivity index (χ3n) is 4.13. The van der Waals surface area contributed by atoms with E-state index in [1.807, 2.05) is 30.3 Å². The van der Waals surface area contributed by atoms with Crippen LogP contribution in [0.15, 0.2) is 77.8 Å². The summed E-state index contributed by atoms with van der Waals surface area (Å²) in [6.07, 6.45) is 0. The van der Waals surface area contributed by atoms with E-state index in [-0.39, 0.29) is 30.7 Å². The molecule has 0 saturated carbocycles. The van der Waals surface area contributed by atoms with Crippen molar-refractivity contribution in [3.05, 3.63) is 90.0 Å². The van der Waals surface area contributed by atoms with Gasteiger partial charge in [-0.25, -0.2) is 13.8 Å². The molecule has 3 aromatic rings. The van der Waals surface area contributed by atoms with E-state index in [1.54, 1.807) is 24.3 Å². The summed E-state index contributed by atoms with van der Waals surface area (Å²) in [6.45, 7) is 0.441. The number of hydrogen-bond donors (Lipinski definition) is 0. The summed E-state index contributed by atoms with van der Waals surface area (Å²) < 4.78 is 44.5. The summed E-state index contributed by atoms with van der Waals surface area (Å²) in [6, 6.07) is 20.0. The van der Waals surface area contributed by atoms with Crippen molar-refractivity contribution in [2.45, 2.75) is 6.04 Å². The summed E-state index contributed by atoms with van der Waals surface area (Å²) >= 11 is 0. The highest BCUT2D eigenvalue weighted by Gasteiger charge is 2.25. The van der Waals surface area contributed by atoms with Gasteiger partial charge in [-0.05, 0) is 48.5 Å². The topological polar surface area (TPSA) is 40.0 Å². The molecule has 0 amide bonds. The molecule has 142 valence electrons. The van der Waals surface area contributed by atoms with Crippen molar-refractivity contribution < 1.29 is 23.0 Å². The Bertz CT molecular complexity index is 955. The minimum Gasteiger partial charge on any atom is -0.491 e. The Hall–Kier alpha value is -3.41. The van der Waals surface area contributed by atoms with E-state index in [0.29, 0.717) is 11.5 Å². The molecule has 4 nitrogen and oxygen atoms in total. The number of aliphatic imine (C=N–C) groups is 1. The van der Waals surface area contributed by atoms with Crippen LogP contribution >= 0.6 is 0 Å². The molecule has 1 atom stereocenters. The van der Waals surface area contributed by atoms with Crippen molar-refractivity contribution in [1.82, 2.24) is 0 Å². The van der Waals surface area contributed by atoms with Crippen LogP contribution in [0.3, 0.4) is 0 Å². The van der Waals surface area contributed by atoms with Crippen LogP contribution in [-0.4, -0.2) is 25.2 Å². The van der Waals surface area contributed by atoms with E-state index in [2.05, 4.69) is 4.99 Å². The van der Waals surface area contributed by atoms with Gasteiger partial charge in [0, 0.05) is 0 Å². The summed E-state index contributed by atoms with van der Waals surface area (Å²) in [4.78, 5) is 4.23. The standard InChI is InChI=1S/C22H17F2NO3/c23-19-7-4-8-20(24)21(19)22-25-15(14-27-22)13-26-16-9-11-18(12-10-16)28-17-5-2-1-3-6-17/h1-12,15H,13-14H2. The molecule has 1 aliphatic rings. The first-order chi connectivity index (χ1) is 13.7. The summed E-state index contributed by atoms with van der Waals surface area (Å²) in [5, 5.41) is 0. The SMILES string of the molecule is Fc1cccc(F)c1C1=NC(COc2ccc(Oc3ccccc3)cc2)CO1. The molecule has 1 unspecified atom stereocenters. The Morgan fingerprint density at radius 2 is 1.46 bits per heavy atom. The Labute approximate surface area is 161 Å². The molecule has 1 heterocycles. The molecule has 0 fully saturated rings. The van der Waals surface area contributed by atoms with Gasteiger partial charge in [-0.3, -0.25) is 0 Å². The van der Waals surface area contributed by atoms with E-state index in [0.717, 1.165) is 5.75 Å². The lowest BCUT2D eigenvalue weighted by atomic mass is 10.2. The molecular formula is C22H17F2NO3. The maximum absolute atomic E-state index is 13.8. The third-order valence-corrected chi connectivity index (χ3v) is 4.13. The molecule has 0 bridgehead atoms. The molecule has 0 saturated heterocycles. The maximum Gasteiger partial charge on any atom is 0.222 e. The zero-order valence-electron chi connectivity index (χ0n) is 14.8. The monoisotopic (exact) mass is 381 g/mol. The first-order valence-corrected chi connectivity index (χ1v) is 8.80. The first kappa shape index (κ1) is 18.0. The van der Waals surface area contributed by atoms with Gasteiger partial charge in [0.1, 0.15) is 53.7 Å². The number of nitrogens with zero attached hydrogens (tertiary/aromatic N) is 1. The second-order valence-corrected chi connectivity index (χ2v) is 6.19. The average molecular weight is 381 g/mol. The minimum atomic E-state index is -0.700. The minimum absolute atomic E-state index is 0.0317. The van der Waals surface area contributed by atoms with Gasteiger partial charge in [-0.15, -0.1) is 0 Å². The van der Waals surface area contributed by atoms with Crippen LogP contribution in [0.2, 0.25) is 0 Å². The fourth-order valence-corrected chi connectivity index (χ4v) is 2.76. The van der Waals surface area contributed by atoms with Crippen LogP contribution in [-0.2, 0) is 4.74 Å². The highest BCUT2D eigenvalue weighted by molar-refractivity contribution is 5.95. The predicted octanol–water partition coefficient (Wildman–Crippen LogP) is 4.98. The molecular weight excluding hydrogens is 364 g/mol. The smallest absolute Gasteiger partial charge is 0.222 e. The molecule has 0 aliphatic carbocycles. The Morgan fingerprint density at radius 1 is 0.821 bits per heavy atom. The lowest BCUT2D eigenvalue weighted by Crippen LogP contribution is -2.16. The quantitative estimate of drug-likeness (QED) is 0.605. The summed E-state index contributed by atoms with van der Waals surface area (Å²) in [5.74, 6) is 0.653. The number of benzene rings is 3. The van der Waals surface area contributed by atoms with Crippen LogP contribution in [0, 0.1) is 11.6 Å². The van der Waals surface area contributed by atoms with Crippen molar-refractivity contribution in [2.75, 3.05) is 13.2 Å². The predicted molar refractivity (Wildman–Crippen MR) is 101 cm³/mol. The zero-order valence-corrected chi connectivity index (χ0v) is 14.8. The van der Waals surface area contributed by atoms with E-state index in [1.165, 1.54) is 18.2 Å². The Kier molecular flexibility index (Phi) is 5.19. The van der Waals surface area contributed by atoms with Gasteiger partial charge in [0.2, 0.25) is 5.90 Å². The first-order valence-electron chi connectivity index (χ1n) is 8.80. The highest BCUT2D eigenvalue weighted by Crippen LogP contribution is 2.24. The molecule has 6 heteroatoms. The molecule has 1 aliphatic heterocycles.